The number of likely N-dealkylation sites (tertiary alicyclic amines) is 1. The van der Waals surface area contributed by atoms with E-state index >= 15 is 0 Å². The molecular weight excluding hydrogens is 350 g/mol. The number of rotatable bonds is 2. The number of carbonyl (C=O) groups is 1. The van der Waals surface area contributed by atoms with Crippen molar-refractivity contribution < 1.29 is 9.53 Å². The quantitative estimate of drug-likeness (QED) is 0.841. The highest BCUT2D eigenvalue weighted by molar-refractivity contribution is 5.69. The Labute approximate surface area is 168 Å². The second kappa shape index (κ2) is 6.94. The van der Waals surface area contributed by atoms with Crippen LogP contribution in [-0.4, -0.2) is 60.3 Å². The number of hydrogen-bond acceptors (Lipinski definition) is 4. The van der Waals surface area contributed by atoms with Crippen molar-refractivity contribution in [2.24, 2.45) is 0 Å². The van der Waals surface area contributed by atoms with Gasteiger partial charge in [-0.05, 0) is 77.1 Å². The lowest BCUT2D eigenvalue weighted by Crippen LogP contribution is -2.55. The molecule has 4 heterocycles. The molecule has 1 aromatic carbocycles. The van der Waals surface area contributed by atoms with Gasteiger partial charge in [-0.2, -0.15) is 0 Å². The Balaban J connectivity index is 1.25. The number of hydrogen-bond donors (Lipinski definition) is 1. The van der Waals surface area contributed by atoms with Crippen molar-refractivity contribution in [1.29, 1.82) is 0 Å². The summed E-state index contributed by atoms with van der Waals surface area (Å²) < 4.78 is 5.32. The zero-order valence-electron chi connectivity index (χ0n) is 17.2. The number of ether oxygens (including phenoxy) is 1. The average molecular weight is 384 g/mol. The van der Waals surface area contributed by atoms with Crippen LogP contribution in [0.15, 0.2) is 18.2 Å². The summed E-state index contributed by atoms with van der Waals surface area (Å²) in [6.45, 7) is 8.02. The van der Waals surface area contributed by atoms with Crippen molar-refractivity contribution in [3.63, 3.8) is 0 Å². The van der Waals surface area contributed by atoms with Crippen molar-refractivity contribution in [3.8, 4) is 0 Å². The maximum Gasteiger partial charge on any atom is 0.410 e. The summed E-state index contributed by atoms with van der Waals surface area (Å²) in [7, 11) is 0. The summed E-state index contributed by atoms with van der Waals surface area (Å²) in [6, 6.07) is 8.28. The number of amides is 1. The van der Waals surface area contributed by atoms with E-state index in [9.17, 15) is 4.79 Å². The zero-order chi connectivity index (χ0) is 19.3. The summed E-state index contributed by atoms with van der Waals surface area (Å²) >= 11 is 0. The third-order valence-corrected chi connectivity index (χ3v) is 7.82. The van der Waals surface area contributed by atoms with Gasteiger partial charge in [-0.3, -0.25) is 0 Å². The molecule has 4 aliphatic rings. The molecule has 5 nitrogen and oxygen atoms in total. The van der Waals surface area contributed by atoms with E-state index in [2.05, 4.69) is 40.2 Å². The van der Waals surface area contributed by atoms with Gasteiger partial charge in [0.15, 0.2) is 0 Å². The van der Waals surface area contributed by atoms with Gasteiger partial charge in [-0.15, -0.1) is 0 Å². The van der Waals surface area contributed by atoms with Gasteiger partial charge in [-0.1, -0.05) is 17.7 Å². The highest BCUT2D eigenvalue weighted by Gasteiger charge is 2.48. The highest BCUT2D eigenvalue weighted by Crippen LogP contribution is 2.46. The molecular formula is C23H33N3O2. The average Bonchev–Trinajstić information content (AvgIpc) is 3.17. The van der Waals surface area contributed by atoms with E-state index in [1.54, 1.807) is 5.56 Å². The standard InChI is InChI=1S/C23H33N3O2/c1-3-28-22(27)26-17-5-6-18(26)14-19(13-17)25-10-8-23(9-11-25)15-24-21-7-4-16(2)12-20(21)23/h4,7,12,17-19,24H,3,5-6,8-11,13-15H2,1-2H3. The van der Waals surface area contributed by atoms with Crippen LogP contribution in [-0.2, 0) is 10.2 Å². The Morgan fingerprint density at radius 2 is 1.89 bits per heavy atom. The predicted octanol–water partition coefficient (Wildman–Crippen LogP) is 3.91. The molecule has 28 heavy (non-hydrogen) atoms. The predicted molar refractivity (Wildman–Crippen MR) is 111 cm³/mol. The summed E-state index contributed by atoms with van der Waals surface area (Å²) in [6.07, 6.45) is 6.93. The first kappa shape index (κ1) is 18.3. The highest BCUT2D eigenvalue weighted by atomic mass is 16.6. The minimum Gasteiger partial charge on any atom is -0.450 e. The lowest BCUT2D eigenvalue weighted by atomic mass is 9.73. The molecule has 2 unspecified atom stereocenters. The first-order valence-corrected chi connectivity index (χ1v) is 11.1. The Bertz CT molecular complexity index is 742. The monoisotopic (exact) mass is 383 g/mol. The van der Waals surface area contributed by atoms with Gasteiger partial charge in [0, 0.05) is 35.8 Å². The minimum absolute atomic E-state index is 0.0879. The lowest BCUT2D eigenvalue weighted by molar-refractivity contribution is 0.0285. The van der Waals surface area contributed by atoms with Crippen LogP contribution in [0.1, 0.15) is 56.6 Å². The van der Waals surface area contributed by atoms with Crippen molar-refractivity contribution in [2.45, 2.75) is 75.9 Å². The van der Waals surface area contributed by atoms with Gasteiger partial charge in [0.25, 0.3) is 0 Å². The van der Waals surface area contributed by atoms with Crippen LogP contribution >= 0.6 is 0 Å². The van der Waals surface area contributed by atoms with Crippen molar-refractivity contribution in [2.75, 3.05) is 31.6 Å². The molecule has 152 valence electrons. The Morgan fingerprint density at radius 1 is 1.18 bits per heavy atom. The van der Waals surface area contributed by atoms with Crippen LogP contribution in [0.25, 0.3) is 0 Å². The maximum absolute atomic E-state index is 12.3. The van der Waals surface area contributed by atoms with Crippen LogP contribution in [0.3, 0.4) is 0 Å². The van der Waals surface area contributed by atoms with Gasteiger partial charge >= 0.3 is 6.09 Å². The van der Waals surface area contributed by atoms with E-state index in [0.29, 0.717) is 30.1 Å². The van der Waals surface area contributed by atoms with Crippen molar-refractivity contribution >= 4 is 11.8 Å². The molecule has 2 bridgehead atoms. The van der Waals surface area contributed by atoms with E-state index < -0.39 is 0 Å². The largest absolute Gasteiger partial charge is 0.450 e. The second-order valence-electron chi connectivity index (χ2n) is 9.34. The maximum atomic E-state index is 12.3. The summed E-state index contributed by atoms with van der Waals surface area (Å²) in [5.41, 5.74) is 4.58. The van der Waals surface area contributed by atoms with Crippen molar-refractivity contribution in [1.82, 2.24) is 9.80 Å². The Morgan fingerprint density at radius 3 is 2.57 bits per heavy atom. The number of anilines is 1. The van der Waals surface area contributed by atoms with Gasteiger partial charge in [0.05, 0.1) is 6.61 Å². The molecule has 1 spiro atoms. The first-order valence-electron chi connectivity index (χ1n) is 11.1. The lowest BCUT2D eigenvalue weighted by Gasteiger charge is -2.47. The SMILES string of the molecule is CCOC(=O)N1C2CCC1CC(N1CCC3(CC1)CNc1ccc(C)cc13)C2. The number of nitrogens with one attached hydrogen (secondary N) is 1. The molecule has 1 N–H and O–H groups in total. The number of carbonyl (C=O) groups excluding carboxylic acids is 1. The summed E-state index contributed by atoms with van der Waals surface area (Å²) in [5.74, 6) is 0. The van der Waals surface area contributed by atoms with Gasteiger partial charge in [0.1, 0.15) is 0 Å². The molecule has 4 aliphatic heterocycles. The fourth-order valence-electron chi connectivity index (χ4n) is 6.32. The number of nitrogens with zero attached hydrogens (tertiary/aromatic N) is 2. The molecule has 0 saturated carbocycles. The van der Waals surface area contributed by atoms with Gasteiger partial charge < -0.3 is 19.9 Å². The third kappa shape index (κ3) is 2.90. The van der Waals surface area contributed by atoms with Gasteiger partial charge in [0.2, 0.25) is 0 Å². The Hall–Kier alpha value is -1.75. The number of fused-ring (bicyclic) bond motifs is 4. The van der Waals surface area contributed by atoms with Crippen LogP contribution < -0.4 is 5.32 Å². The molecule has 1 amide bonds. The fourth-order valence-corrected chi connectivity index (χ4v) is 6.32. The van der Waals surface area contributed by atoms with E-state index in [-0.39, 0.29) is 6.09 Å². The number of aryl methyl sites for hydroxylation is 1. The molecule has 1 aromatic rings. The number of piperidine rings is 2. The van der Waals surface area contributed by atoms with Crippen LogP contribution in [0, 0.1) is 6.92 Å². The topological polar surface area (TPSA) is 44.8 Å². The van der Waals surface area contributed by atoms with Gasteiger partial charge in [-0.25, -0.2) is 4.79 Å². The second-order valence-corrected chi connectivity index (χ2v) is 9.34. The van der Waals surface area contributed by atoms with Crippen LogP contribution in [0.5, 0.6) is 0 Å². The third-order valence-electron chi connectivity index (χ3n) is 7.82. The summed E-state index contributed by atoms with van der Waals surface area (Å²) in [4.78, 5) is 17.1. The molecule has 0 aliphatic carbocycles. The molecule has 5 rings (SSSR count). The van der Waals surface area contributed by atoms with E-state index in [1.165, 1.54) is 37.2 Å². The van der Waals surface area contributed by atoms with Crippen LogP contribution in [0.2, 0.25) is 0 Å². The molecule has 0 radical (unpaired) electrons. The fraction of sp³-hybridized carbons (Fsp3) is 0.696. The van der Waals surface area contributed by atoms with Crippen LogP contribution in [0.4, 0.5) is 10.5 Å². The molecule has 3 fully saturated rings. The first-order chi connectivity index (χ1) is 13.6. The molecule has 5 heteroatoms. The molecule has 2 atom stereocenters. The van der Waals surface area contributed by atoms with E-state index in [0.717, 1.165) is 32.2 Å². The van der Waals surface area contributed by atoms with E-state index in [4.69, 9.17) is 4.74 Å². The zero-order valence-corrected chi connectivity index (χ0v) is 17.2. The molecule has 3 saturated heterocycles. The normalized spacial score (nSPS) is 30.9. The molecule has 0 aromatic heterocycles. The van der Waals surface area contributed by atoms with Crippen molar-refractivity contribution in [3.05, 3.63) is 29.3 Å². The smallest absolute Gasteiger partial charge is 0.410 e. The Kier molecular flexibility index (Phi) is 4.53. The summed E-state index contributed by atoms with van der Waals surface area (Å²) in [5, 5.41) is 3.66. The van der Waals surface area contributed by atoms with E-state index in [1.807, 2.05) is 6.92 Å². The minimum atomic E-state index is -0.0879. The number of benzene rings is 1.